The van der Waals surface area contributed by atoms with Crippen LogP contribution in [0.4, 0.5) is 5.69 Å². The number of hydrogen-bond donors (Lipinski definition) is 1. The summed E-state index contributed by atoms with van der Waals surface area (Å²) in [7, 11) is 0. The van der Waals surface area contributed by atoms with Gasteiger partial charge in [0.25, 0.3) is 0 Å². The van der Waals surface area contributed by atoms with Gasteiger partial charge in [0.15, 0.2) is 0 Å². The second-order valence-corrected chi connectivity index (χ2v) is 7.00. The highest BCUT2D eigenvalue weighted by atomic mass is 16.2. The van der Waals surface area contributed by atoms with Crippen molar-refractivity contribution in [2.45, 2.75) is 45.1 Å². The molecule has 0 radical (unpaired) electrons. The number of amides is 2. The first-order chi connectivity index (χ1) is 11.6. The van der Waals surface area contributed by atoms with E-state index in [2.05, 4.69) is 6.92 Å². The third kappa shape index (κ3) is 3.46. The Morgan fingerprint density at radius 1 is 1.21 bits per heavy atom. The lowest BCUT2D eigenvalue weighted by Gasteiger charge is -2.39. The van der Waals surface area contributed by atoms with Gasteiger partial charge in [-0.25, -0.2) is 0 Å². The molecule has 3 rings (SSSR count). The number of anilines is 1. The molecule has 0 saturated carbocycles. The Hall–Kier alpha value is -1.88. The minimum Gasteiger partial charge on any atom is -0.338 e. The summed E-state index contributed by atoms with van der Waals surface area (Å²) < 4.78 is 0. The highest BCUT2D eigenvalue weighted by molar-refractivity contribution is 5.95. The van der Waals surface area contributed by atoms with Crippen molar-refractivity contribution in [3.05, 3.63) is 29.8 Å². The Kier molecular flexibility index (Phi) is 5.19. The summed E-state index contributed by atoms with van der Waals surface area (Å²) in [6, 6.07) is 7.98. The number of likely N-dealkylation sites (tertiary alicyclic amines) is 1. The van der Waals surface area contributed by atoms with Gasteiger partial charge in [0, 0.05) is 37.8 Å². The van der Waals surface area contributed by atoms with Crippen LogP contribution in [0.25, 0.3) is 0 Å². The van der Waals surface area contributed by atoms with Crippen LogP contribution < -0.4 is 10.6 Å². The van der Waals surface area contributed by atoms with Crippen molar-refractivity contribution in [3.63, 3.8) is 0 Å². The van der Waals surface area contributed by atoms with Gasteiger partial charge in [-0.15, -0.1) is 0 Å². The molecule has 0 aromatic heterocycles. The number of carbonyl (C=O) groups is 2. The molecule has 0 unspecified atom stereocenters. The summed E-state index contributed by atoms with van der Waals surface area (Å²) in [5.74, 6) is 0.810. The molecule has 24 heavy (non-hydrogen) atoms. The van der Waals surface area contributed by atoms with E-state index in [1.165, 1.54) is 0 Å². The van der Waals surface area contributed by atoms with E-state index in [-0.39, 0.29) is 17.9 Å². The van der Waals surface area contributed by atoms with E-state index in [0.29, 0.717) is 25.3 Å². The topological polar surface area (TPSA) is 66.6 Å². The summed E-state index contributed by atoms with van der Waals surface area (Å²) in [5, 5.41) is 0. The average Bonchev–Trinajstić information content (AvgIpc) is 3.01. The largest absolute Gasteiger partial charge is 0.338 e. The molecule has 5 nitrogen and oxygen atoms in total. The van der Waals surface area contributed by atoms with Crippen molar-refractivity contribution in [1.29, 1.82) is 0 Å². The predicted molar refractivity (Wildman–Crippen MR) is 94.7 cm³/mol. The predicted octanol–water partition coefficient (Wildman–Crippen LogP) is 1.94. The fourth-order valence-corrected chi connectivity index (χ4v) is 3.91. The van der Waals surface area contributed by atoms with Gasteiger partial charge >= 0.3 is 0 Å². The van der Waals surface area contributed by atoms with E-state index in [1.54, 1.807) is 0 Å². The lowest BCUT2D eigenvalue weighted by atomic mass is 9.90. The number of hydrogen-bond acceptors (Lipinski definition) is 3. The molecule has 0 aliphatic carbocycles. The maximum absolute atomic E-state index is 12.7. The Bertz CT molecular complexity index is 599. The lowest BCUT2D eigenvalue weighted by molar-refractivity contribution is -0.135. The van der Waals surface area contributed by atoms with E-state index < -0.39 is 0 Å². The molecule has 2 aliphatic rings. The molecule has 1 aromatic rings. The van der Waals surface area contributed by atoms with Crippen molar-refractivity contribution in [2.75, 3.05) is 24.5 Å². The highest BCUT2D eigenvalue weighted by Crippen LogP contribution is 2.25. The van der Waals surface area contributed by atoms with Crippen LogP contribution in [0.15, 0.2) is 24.3 Å². The smallest absolute Gasteiger partial charge is 0.227 e. The Morgan fingerprint density at radius 2 is 1.96 bits per heavy atom. The molecule has 2 aliphatic heterocycles. The summed E-state index contributed by atoms with van der Waals surface area (Å²) in [6.07, 6.45) is 4.15. The van der Waals surface area contributed by atoms with Crippen LogP contribution >= 0.6 is 0 Å². The van der Waals surface area contributed by atoms with Crippen molar-refractivity contribution >= 4 is 17.5 Å². The van der Waals surface area contributed by atoms with Crippen LogP contribution in [0, 0.1) is 5.92 Å². The number of rotatable bonds is 4. The molecular formula is C19H27N3O2. The van der Waals surface area contributed by atoms with Gasteiger partial charge in [-0.1, -0.05) is 19.1 Å². The zero-order valence-corrected chi connectivity index (χ0v) is 14.4. The van der Waals surface area contributed by atoms with Gasteiger partial charge in [0.2, 0.25) is 11.8 Å². The van der Waals surface area contributed by atoms with E-state index in [0.717, 1.165) is 43.6 Å². The third-order valence-corrected chi connectivity index (χ3v) is 5.35. The highest BCUT2D eigenvalue weighted by Gasteiger charge is 2.30. The van der Waals surface area contributed by atoms with Gasteiger partial charge in [-0.2, -0.15) is 0 Å². The Morgan fingerprint density at radius 3 is 2.58 bits per heavy atom. The minimum absolute atomic E-state index is 0.155. The monoisotopic (exact) mass is 329 g/mol. The van der Waals surface area contributed by atoms with Crippen molar-refractivity contribution < 1.29 is 9.59 Å². The van der Waals surface area contributed by atoms with E-state index >= 15 is 0 Å². The molecule has 2 atom stereocenters. The maximum atomic E-state index is 12.7. The second kappa shape index (κ2) is 7.34. The normalized spacial score (nSPS) is 24.5. The van der Waals surface area contributed by atoms with Crippen molar-refractivity contribution in [1.82, 2.24) is 4.90 Å². The molecule has 2 fully saturated rings. The van der Waals surface area contributed by atoms with Crippen LogP contribution in [-0.4, -0.2) is 42.4 Å². The summed E-state index contributed by atoms with van der Waals surface area (Å²) in [4.78, 5) is 28.3. The second-order valence-electron chi connectivity index (χ2n) is 7.00. The van der Waals surface area contributed by atoms with Gasteiger partial charge in [0.05, 0.1) is 6.42 Å². The number of nitrogens with zero attached hydrogens (tertiary/aromatic N) is 2. The first-order valence-corrected chi connectivity index (χ1v) is 8.99. The van der Waals surface area contributed by atoms with Crippen molar-refractivity contribution in [2.24, 2.45) is 11.7 Å². The zero-order valence-electron chi connectivity index (χ0n) is 14.4. The first-order valence-electron chi connectivity index (χ1n) is 8.99. The van der Waals surface area contributed by atoms with Crippen LogP contribution in [0.3, 0.4) is 0 Å². The van der Waals surface area contributed by atoms with Crippen LogP contribution in [0.2, 0.25) is 0 Å². The molecule has 5 heteroatoms. The summed E-state index contributed by atoms with van der Waals surface area (Å²) in [5.41, 5.74) is 7.81. The van der Waals surface area contributed by atoms with Gasteiger partial charge < -0.3 is 15.5 Å². The molecule has 1 aromatic carbocycles. The molecule has 2 saturated heterocycles. The molecule has 0 spiro atoms. The first kappa shape index (κ1) is 17.0. The molecule has 0 bridgehead atoms. The van der Waals surface area contributed by atoms with Gasteiger partial charge in [-0.3, -0.25) is 9.59 Å². The third-order valence-electron chi connectivity index (χ3n) is 5.35. The van der Waals surface area contributed by atoms with E-state index in [4.69, 9.17) is 5.73 Å². The Labute approximate surface area is 143 Å². The maximum Gasteiger partial charge on any atom is 0.227 e. The van der Waals surface area contributed by atoms with Crippen LogP contribution in [-0.2, 0) is 16.0 Å². The summed E-state index contributed by atoms with van der Waals surface area (Å²) in [6.45, 7) is 4.31. The lowest BCUT2D eigenvalue weighted by Crippen LogP contribution is -2.51. The number of carbonyl (C=O) groups excluding carboxylic acids is 2. The van der Waals surface area contributed by atoms with E-state index in [1.807, 2.05) is 34.1 Å². The SMILES string of the molecule is C[C@H]1CCCN(C(=O)Cc2ccc(N3CCCC3=O)cc2)[C@H]1CN. The fourth-order valence-electron chi connectivity index (χ4n) is 3.91. The quantitative estimate of drug-likeness (QED) is 0.918. The van der Waals surface area contributed by atoms with Crippen LogP contribution in [0.1, 0.15) is 38.2 Å². The molecular weight excluding hydrogens is 302 g/mol. The summed E-state index contributed by atoms with van der Waals surface area (Å²) >= 11 is 0. The number of piperidine rings is 1. The van der Waals surface area contributed by atoms with Gasteiger partial charge in [0.1, 0.15) is 0 Å². The zero-order chi connectivity index (χ0) is 17.1. The average molecular weight is 329 g/mol. The molecule has 130 valence electrons. The molecule has 2 amide bonds. The Balaban J connectivity index is 1.65. The number of benzene rings is 1. The number of nitrogens with two attached hydrogens (primary N) is 1. The minimum atomic E-state index is 0.155. The van der Waals surface area contributed by atoms with E-state index in [9.17, 15) is 9.59 Å². The molecule has 2 heterocycles. The van der Waals surface area contributed by atoms with Crippen molar-refractivity contribution in [3.8, 4) is 0 Å². The van der Waals surface area contributed by atoms with Gasteiger partial charge in [-0.05, 0) is 42.9 Å². The van der Waals surface area contributed by atoms with Crippen LogP contribution in [0.5, 0.6) is 0 Å². The fraction of sp³-hybridized carbons (Fsp3) is 0.579. The standard InChI is InChI=1S/C19H27N3O2/c1-14-4-2-11-22(17(14)13-20)19(24)12-15-6-8-16(9-7-15)21-10-3-5-18(21)23/h6-9,14,17H,2-5,10-13,20H2,1H3/t14-,17-/m0/s1. The molecule has 2 N–H and O–H groups in total.